The van der Waals surface area contributed by atoms with Crippen molar-refractivity contribution in [3.05, 3.63) is 34.3 Å². The lowest BCUT2D eigenvalue weighted by Crippen LogP contribution is -2.28. The summed E-state index contributed by atoms with van der Waals surface area (Å²) in [5, 5.41) is 4.34. The molecule has 1 N–H and O–H groups in total. The monoisotopic (exact) mass is 410 g/mol. The quantitative estimate of drug-likeness (QED) is 0.660. The number of amides is 1. The first-order valence-corrected chi connectivity index (χ1v) is 10.5. The number of rotatable bonds is 5. The number of nitrogens with one attached hydrogen (secondary N) is 1. The first-order valence-electron chi connectivity index (χ1n) is 8.51. The van der Waals surface area contributed by atoms with E-state index in [1.165, 1.54) is 18.4 Å². The summed E-state index contributed by atoms with van der Waals surface area (Å²) in [7, 11) is 0. The summed E-state index contributed by atoms with van der Waals surface area (Å²) < 4.78 is 1.09. The van der Waals surface area contributed by atoms with Gasteiger partial charge in [0.25, 0.3) is 0 Å². The fraction of sp³-hybridized carbons (Fsp3) is 0.579. The molecule has 0 radical (unpaired) electrons. The van der Waals surface area contributed by atoms with Gasteiger partial charge in [-0.1, -0.05) is 54.9 Å². The maximum Gasteiger partial charge on any atom is 0.250 e. The van der Waals surface area contributed by atoms with Crippen LogP contribution in [-0.4, -0.2) is 17.4 Å². The van der Waals surface area contributed by atoms with E-state index >= 15 is 0 Å². The molecule has 0 bridgehead atoms. The first kappa shape index (κ1) is 19.5. The number of hydrogen-bond acceptors (Lipinski definition) is 3. The average molecular weight is 411 g/mol. The molecule has 0 heterocycles. The fourth-order valence-electron chi connectivity index (χ4n) is 2.97. The van der Waals surface area contributed by atoms with Gasteiger partial charge in [-0.05, 0) is 48.6 Å². The predicted octanol–water partition coefficient (Wildman–Crippen LogP) is 5.39. The van der Waals surface area contributed by atoms with Crippen LogP contribution < -0.4 is 5.43 Å². The van der Waals surface area contributed by atoms with Gasteiger partial charge in [0.05, 0.1) is 5.75 Å². The van der Waals surface area contributed by atoms with Crippen molar-refractivity contribution >= 4 is 39.3 Å². The van der Waals surface area contributed by atoms with Crippen molar-refractivity contribution in [3.63, 3.8) is 0 Å². The van der Waals surface area contributed by atoms with E-state index < -0.39 is 0 Å². The highest BCUT2D eigenvalue weighted by Gasteiger charge is 2.28. The molecule has 1 amide bonds. The molecule has 0 unspecified atom stereocenters. The first-order chi connectivity index (χ1) is 11.4. The van der Waals surface area contributed by atoms with Gasteiger partial charge in [0.15, 0.2) is 0 Å². The molecule has 1 aromatic rings. The number of thioether (sulfide) groups is 1. The second kappa shape index (κ2) is 9.04. The SMILES string of the molecule is CC(C)(C)C1CCC(=NNC(=O)CSCc2ccccc2Br)CC1. The van der Waals surface area contributed by atoms with Crippen molar-refractivity contribution in [2.45, 2.75) is 52.2 Å². The summed E-state index contributed by atoms with van der Waals surface area (Å²) in [5.41, 5.74) is 5.44. The van der Waals surface area contributed by atoms with Gasteiger partial charge < -0.3 is 0 Å². The predicted molar refractivity (Wildman–Crippen MR) is 107 cm³/mol. The van der Waals surface area contributed by atoms with Crippen LogP contribution in [0, 0.1) is 11.3 Å². The van der Waals surface area contributed by atoms with Gasteiger partial charge in [-0.25, -0.2) is 5.43 Å². The van der Waals surface area contributed by atoms with Crippen molar-refractivity contribution in [2.75, 3.05) is 5.75 Å². The van der Waals surface area contributed by atoms with E-state index in [4.69, 9.17) is 0 Å². The normalized spacial score (nSPS) is 18.3. The molecule has 1 aromatic carbocycles. The molecular formula is C19H27BrN2OS. The van der Waals surface area contributed by atoms with Crippen molar-refractivity contribution in [1.82, 2.24) is 5.43 Å². The van der Waals surface area contributed by atoms with Crippen LogP contribution >= 0.6 is 27.7 Å². The van der Waals surface area contributed by atoms with E-state index in [2.05, 4.69) is 53.3 Å². The van der Waals surface area contributed by atoms with Gasteiger partial charge in [0.1, 0.15) is 0 Å². The van der Waals surface area contributed by atoms with Crippen LogP contribution in [0.25, 0.3) is 0 Å². The number of benzene rings is 1. The highest BCUT2D eigenvalue weighted by Crippen LogP contribution is 2.36. The fourth-order valence-corrected chi connectivity index (χ4v) is 4.41. The lowest BCUT2D eigenvalue weighted by atomic mass is 9.72. The Morgan fingerprint density at radius 2 is 1.96 bits per heavy atom. The average Bonchev–Trinajstić information content (AvgIpc) is 2.54. The molecule has 0 saturated heterocycles. The molecule has 0 spiro atoms. The number of hydrazone groups is 1. The minimum atomic E-state index is -0.0162. The summed E-state index contributed by atoms with van der Waals surface area (Å²) >= 11 is 5.14. The van der Waals surface area contributed by atoms with Gasteiger partial charge in [-0.2, -0.15) is 5.10 Å². The second-order valence-corrected chi connectivity index (χ2v) is 9.28. The van der Waals surface area contributed by atoms with Crippen molar-refractivity contribution in [1.29, 1.82) is 0 Å². The lowest BCUT2D eigenvalue weighted by Gasteiger charge is -2.34. The van der Waals surface area contributed by atoms with E-state index in [-0.39, 0.29) is 5.91 Å². The number of carbonyl (C=O) groups is 1. The van der Waals surface area contributed by atoms with Crippen LogP contribution in [0.5, 0.6) is 0 Å². The maximum atomic E-state index is 11.9. The number of nitrogens with zero attached hydrogens (tertiary/aromatic N) is 1. The lowest BCUT2D eigenvalue weighted by molar-refractivity contribution is -0.118. The molecule has 1 aliphatic rings. The third-order valence-electron chi connectivity index (χ3n) is 4.57. The minimum absolute atomic E-state index is 0.0162. The van der Waals surface area contributed by atoms with Gasteiger partial charge in [-0.3, -0.25) is 4.79 Å². The smallest absolute Gasteiger partial charge is 0.250 e. The van der Waals surface area contributed by atoms with Crippen molar-refractivity contribution in [3.8, 4) is 0 Å². The maximum absolute atomic E-state index is 11.9. The summed E-state index contributed by atoms with van der Waals surface area (Å²) in [4.78, 5) is 11.9. The molecular weight excluding hydrogens is 384 g/mol. The van der Waals surface area contributed by atoms with E-state index in [0.717, 1.165) is 34.7 Å². The highest BCUT2D eigenvalue weighted by molar-refractivity contribution is 9.10. The molecule has 1 saturated carbocycles. The Morgan fingerprint density at radius 3 is 2.58 bits per heavy atom. The zero-order chi connectivity index (χ0) is 17.6. The third-order valence-corrected chi connectivity index (χ3v) is 6.33. The van der Waals surface area contributed by atoms with Crippen LogP contribution in [0.3, 0.4) is 0 Å². The zero-order valence-corrected chi connectivity index (χ0v) is 17.2. The van der Waals surface area contributed by atoms with Crippen molar-refractivity contribution in [2.24, 2.45) is 16.4 Å². The number of hydrogen-bond donors (Lipinski definition) is 1. The zero-order valence-electron chi connectivity index (χ0n) is 14.8. The van der Waals surface area contributed by atoms with Crippen LogP contribution in [0.2, 0.25) is 0 Å². The molecule has 1 aliphatic carbocycles. The molecule has 2 rings (SSSR count). The van der Waals surface area contributed by atoms with Crippen LogP contribution in [-0.2, 0) is 10.5 Å². The number of carbonyl (C=O) groups excluding carboxylic acids is 1. The van der Waals surface area contributed by atoms with E-state index in [1.54, 1.807) is 11.8 Å². The van der Waals surface area contributed by atoms with Crippen LogP contribution in [0.1, 0.15) is 52.0 Å². The number of halogens is 1. The Bertz CT molecular complexity index is 585. The summed E-state index contributed by atoms with van der Waals surface area (Å²) in [6.45, 7) is 6.93. The molecule has 0 aliphatic heterocycles. The molecule has 1 fully saturated rings. The van der Waals surface area contributed by atoms with Gasteiger partial charge >= 0.3 is 0 Å². The second-order valence-electron chi connectivity index (χ2n) is 7.44. The van der Waals surface area contributed by atoms with Crippen molar-refractivity contribution < 1.29 is 4.79 Å². The summed E-state index contributed by atoms with van der Waals surface area (Å²) in [6.07, 6.45) is 4.36. The Balaban J connectivity index is 1.69. The Morgan fingerprint density at radius 1 is 1.29 bits per heavy atom. The topological polar surface area (TPSA) is 41.5 Å². The Labute approximate surface area is 158 Å². The van der Waals surface area contributed by atoms with Crippen LogP contribution in [0.15, 0.2) is 33.8 Å². The molecule has 132 valence electrons. The standard InChI is InChI=1S/C19H27BrN2OS/c1-19(2,3)15-8-10-16(11-9-15)21-22-18(23)13-24-12-14-6-4-5-7-17(14)20/h4-7,15H,8-13H2,1-3H3,(H,22,23). The van der Waals surface area contributed by atoms with Gasteiger partial charge in [0.2, 0.25) is 5.91 Å². The Kier molecular flexibility index (Phi) is 7.35. The largest absolute Gasteiger partial charge is 0.272 e. The molecule has 0 atom stereocenters. The molecule has 5 heteroatoms. The highest BCUT2D eigenvalue weighted by atomic mass is 79.9. The van der Waals surface area contributed by atoms with Crippen LogP contribution in [0.4, 0.5) is 0 Å². The van der Waals surface area contributed by atoms with Gasteiger partial charge in [-0.15, -0.1) is 11.8 Å². The summed E-state index contributed by atoms with van der Waals surface area (Å²) in [5.74, 6) is 1.99. The molecule has 24 heavy (non-hydrogen) atoms. The van der Waals surface area contributed by atoms with Gasteiger partial charge in [0, 0.05) is 15.9 Å². The molecule has 3 nitrogen and oxygen atoms in total. The third kappa shape index (κ3) is 6.25. The summed E-state index contributed by atoms with van der Waals surface area (Å²) in [6, 6.07) is 8.11. The van der Waals surface area contributed by atoms with E-state index in [1.807, 2.05) is 18.2 Å². The Hall–Kier alpha value is -0.810. The van der Waals surface area contributed by atoms with E-state index in [0.29, 0.717) is 11.2 Å². The molecule has 0 aromatic heterocycles. The van der Waals surface area contributed by atoms with E-state index in [9.17, 15) is 4.79 Å². The minimum Gasteiger partial charge on any atom is -0.272 e.